The second-order valence-electron chi connectivity index (χ2n) is 5.90. The van der Waals surface area contributed by atoms with Crippen molar-refractivity contribution in [3.63, 3.8) is 0 Å². The minimum atomic E-state index is -3.99. The number of halogens is 4. The summed E-state index contributed by atoms with van der Waals surface area (Å²) in [6.07, 6.45) is 0. The van der Waals surface area contributed by atoms with Gasteiger partial charge in [-0.25, -0.2) is 17.2 Å². The van der Waals surface area contributed by atoms with Crippen LogP contribution >= 0.6 is 23.2 Å². The SMILES string of the molecule is O=C(c1cc(Cl)ccc1Cl)N1CCN(S(=O)(=O)c2ccc(F)c(F)c2)CC1. The lowest BCUT2D eigenvalue weighted by Gasteiger charge is -2.34. The van der Waals surface area contributed by atoms with Gasteiger partial charge in [0.25, 0.3) is 5.91 Å². The molecule has 3 rings (SSSR count). The first-order valence-electron chi connectivity index (χ1n) is 7.89. The molecular weight excluding hydrogens is 421 g/mol. The normalized spacial score (nSPS) is 15.8. The second-order valence-corrected chi connectivity index (χ2v) is 8.68. The van der Waals surface area contributed by atoms with Crippen molar-refractivity contribution in [1.29, 1.82) is 0 Å². The molecule has 27 heavy (non-hydrogen) atoms. The van der Waals surface area contributed by atoms with Crippen LogP contribution < -0.4 is 0 Å². The van der Waals surface area contributed by atoms with E-state index >= 15 is 0 Å². The molecule has 2 aromatic rings. The van der Waals surface area contributed by atoms with Crippen molar-refractivity contribution in [1.82, 2.24) is 9.21 Å². The highest BCUT2D eigenvalue weighted by molar-refractivity contribution is 7.89. The van der Waals surface area contributed by atoms with Gasteiger partial charge < -0.3 is 4.90 Å². The predicted octanol–water partition coefficient (Wildman–Crippen LogP) is 3.42. The Morgan fingerprint density at radius 1 is 0.926 bits per heavy atom. The average Bonchev–Trinajstić information content (AvgIpc) is 2.65. The molecule has 0 radical (unpaired) electrons. The third-order valence-electron chi connectivity index (χ3n) is 4.21. The van der Waals surface area contributed by atoms with Crippen molar-refractivity contribution in [2.24, 2.45) is 0 Å². The highest BCUT2D eigenvalue weighted by Gasteiger charge is 2.31. The number of piperazine rings is 1. The Kier molecular flexibility index (Phi) is 5.71. The average molecular weight is 435 g/mol. The van der Waals surface area contributed by atoms with E-state index in [9.17, 15) is 22.0 Å². The van der Waals surface area contributed by atoms with Gasteiger partial charge >= 0.3 is 0 Å². The van der Waals surface area contributed by atoms with Crippen molar-refractivity contribution in [3.8, 4) is 0 Å². The number of carbonyl (C=O) groups is 1. The number of nitrogens with zero attached hydrogens (tertiary/aromatic N) is 2. The molecule has 5 nitrogen and oxygen atoms in total. The molecule has 1 saturated heterocycles. The van der Waals surface area contributed by atoms with E-state index in [0.29, 0.717) is 11.1 Å². The van der Waals surface area contributed by atoms with E-state index in [4.69, 9.17) is 23.2 Å². The Balaban J connectivity index is 1.73. The number of rotatable bonds is 3. The number of hydrogen-bond acceptors (Lipinski definition) is 3. The number of hydrogen-bond donors (Lipinski definition) is 0. The van der Waals surface area contributed by atoms with Gasteiger partial charge in [-0.1, -0.05) is 23.2 Å². The van der Waals surface area contributed by atoms with Gasteiger partial charge in [-0.2, -0.15) is 4.31 Å². The van der Waals surface area contributed by atoms with Crippen LogP contribution in [0, 0.1) is 11.6 Å². The minimum absolute atomic E-state index is 0.0191. The summed E-state index contributed by atoms with van der Waals surface area (Å²) in [7, 11) is -3.99. The summed E-state index contributed by atoms with van der Waals surface area (Å²) < 4.78 is 52.7. The Labute approximate surface area is 165 Å². The second kappa shape index (κ2) is 7.71. The van der Waals surface area contributed by atoms with E-state index in [1.165, 1.54) is 17.0 Å². The van der Waals surface area contributed by atoms with E-state index < -0.39 is 21.7 Å². The maximum absolute atomic E-state index is 13.4. The van der Waals surface area contributed by atoms with Crippen LogP contribution in [0.2, 0.25) is 10.0 Å². The highest BCUT2D eigenvalue weighted by atomic mass is 35.5. The number of amides is 1. The molecule has 0 unspecified atom stereocenters. The zero-order chi connectivity index (χ0) is 19.8. The molecule has 0 aliphatic carbocycles. The van der Waals surface area contributed by atoms with Gasteiger partial charge in [-0.3, -0.25) is 4.79 Å². The third-order valence-corrected chi connectivity index (χ3v) is 6.67. The molecule has 0 bridgehead atoms. The first kappa shape index (κ1) is 20.0. The first-order chi connectivity index (χ1) is 12.7. The summed E-state index contributed by atoms with van der Waals surface area (Å²) in [5.41, 5.74) is 0.237. The van der Waals surface area contributed by atoms with Gasteiger partial charge in [0, 0.05) is 31.2 Å². The van der Waals surface area contributed by atoms with Crippen molar-refractivity contribution in [2.45, 2.75) is 4.90 Å². The smallest absolute Gasteiger partial charge is 0.255 e. The maximum Gasteiger partial charge on any atom is 0.255 e. The molecule has 0 N–H and O–H groups in total. The van der Waals surface area contributed by atoms with E-state index in [1.54, 1.807) is 6.07 Å². The summed E-state index contributed by atoms with van der Waals surface area (Å²) in [5.74, 6) is -2.71. The Morgan fingerprint density at radius 3 is 2.22 bits per heavy atom. The molecule has 0 aromatic heterocycles. The van der Waals surface area contributed by atoms with Crippen molar-refractivity contribution < 1.29 is 22.0 Å². The van der Waals surface area contributed by atoms with Crippen LogP contribution in [0.1, 0.15) is 10.4 Å². The molecule has 1 amide bonds. The molecule has 144 valence electrons. The van der Waals surface area contributed by atoms with Gasteiger partial charge in [0.15, 0.2) is 11.6 Å². The van der Waals surface area contributed by atoms with Crippen LogP contribution in [0.15, 0.2) is 41.3 Å². The van der Waals surface area contributed by atoms with Crippen molar-refractivity contribution in [2.75, 3.05) is 26.2 Å². The predicted molar refractivity (Wildman–Crippen MR) is 97.5 cm³/mol. The topological polar surface area (TPSA) is 57.7 Å². The largest absolute Gasteiger partial charge is 0.336 e. The standard InChI is InChI=1S/C17H14Cl2F2N2O3S/c18-11-1-3-14(19)13(9-11)17(24)22-5-7-23(8-6-22)27(25,26)12-2-4-15(20)16(21)10-12/h1-4,9-10H,5-8H2. The number of benzene rings is 2. The first-order valence-corrected chi connectivity index (χ1v) is 10.1. The Bertz CT molecular complexity index is 994. The van der Waals surface area contributed by atoms with Crippen LogP contribution in [-0.2, 0) is 10.0 Å². The summed E-state index contributed by atoms with van der Waals surface area (Å²) >= 11 is 11.9. The molecule has 0 saturated carbocycles. The van der Waals surface area contributed by atoms with Crippen LogP contribution in [0.25, 0.3) is 0 Å². The molecule has 1 heterocycles. The molecule has 0 spiro atoms. The van der Waals surface area contributed by atoms with Crippen molar-refractivity contribution in [3.05, 3.63) is 63.6 Å². The monoisotopic (exact) mass is 434 g/mol. The van der Waals surface area contributed by atoms with Crippen LogP contribution in [0.4, 0.5) is 8.78 Å². The third kappa shape index (κ3) is 4.08. The fourth-order valence-corrected chi connectivity index (χ4v) is 4.55. The molecule has 10 heteroatoms. The van der Waals surface area contributed by atoms with E-state index in [1.807, 2.05) is 0 Å². The lowest BCUT2D eigenvalue weighted by atomic mass is 10.2. The van der Waals surface area contributed by atoms with Gasteiger partial charge in [-0.05, 0) is 36.4 Å². The van der Waals surface area contributed by atoms with E-state index in [2.05, 4.69) is 0 Å². The highest BCUT2D eigenvalue weighted by Crippen LogP contribution is 2.24. The van der Waals surface area contributed by atoms with E-state index in [-0.39, 0.29) is 47.6 Å². The molecule has 1 aliphatic rings. The number of sulfonamides is 1. The lowest BCUT2D eigenvalue weighted by molar-refractivity contribution is 0.0698. The van der Waals surface area contributed by atoms with Crippen LogP contribution in [0.5, 0.6) is 0 Å². The molecule has 1 fully saturated rings. The maximum atomic E-state index is 13.4. The van der Waals surface area contributed by atoms with Gasteiger partial charge in [-0.15, -0.1) is 0 Å². The molecule has 1 aliphatic heterocycles. The summed E-state index contributed by atoms with van der Waals surface area (Å²) in [6.45, 7) is 0.297. The molecule has 2 aromatic carbocycles. The fourth-order valence-electron chi connectivity index (χ4n) is 2.75. The number of carbonyl (C=O) groups excluding carboxylic acids is 1. The van der Waals surface area contributed by atoms with Crippen LogP contribution in [0.3, 0.4) is 0 Å². The van der Waals surface area contributed by atoms with Crippen molar-refractivity contribution >= 4 is 39.1 Å². The quantitative estimate of drug-likeness (QED) is 0.743. The lowest BCUT2D eigenvalue weighted by Crippen LogP contribution is -2.50. The Hall–Kier alpha value is -1.74. The van der Waals surface area contributed by atoms with Gasteiger partial charge in [0.1, 0.15) is 0 Å². The molecule has 0 atom stereocenters. The van der Waals surface area contributed by atoms with E-state index in [0.717, 1.165) is 16.4 Å². The Morgan fingerprint density at radius 2 is 1.59 bits per heavy atom. The summed E-state index contributed by atoms with van der Waals surface area (Å²) in [4.78, 5) is 13.7. The van der Waals surface area contributed by atoms with Crippen LogP contribution in [-0.4, -0.2) is 49.7 Å². The summed E-state index contributed by atoms with van der Waals surface area (Å²) in [6, 6.07) is 6.96. The zero-order valence-corrected chi connectivity index (χ0v) is 16.2. The van der Waals surface area contributed by atoms with Gasteiger partial charge in [0.2, 0.25) is 10.0 Å². The fraction of sp³-hybridized carbons (Fsp3) is 0.235. The van der Waals surface area contributed by atoms with Gasteiger partial charge in [0.05, 0.1) is 15.5 Å². The minimum Gasteiger partial charge on any atom is -0.336 e. The summed E-state index contributed by atoms with van der Waals surface area (Å²) in [5, 5.41) is 0.614. The zero-order valence-electron chi connectivity index (χ0n) is 13.8. The molecular formula is C17H14Cl2F2N2O3S.